The van der Waals surface area contributed by atoms with Crippen LogP contribution in [0.25, 0.3) is 0 Å². The van der Waals surface area contributed by atoms with Gasteiger partial charge in [-0.15, -0.1) is 0 Å². The van der Waals surface area contributed by atoms with E-state index < -0.39 is 32.8 Å². The van der Waals surface area contributed by atoms with Crippen LogP contribution in [0.15, 0.2) is 101 Å². The maximum atomic E-state index is 13.2. The number of amides is 2. The van der Waals surface area contributed by atoms with Gasteiger partial charge in [-0.2, -0.15) is 21.6 Å². The molecule has 2 amide bonds. The Hall–Kier alpha value is -4.45. The Morgan fingerprint density at radius 2 is 1.68 bits per heavy atom. The van der Waals surface area contributed by atoms with Crippen LogP contribution in [-0.2, 0) is 29.4 Å². The lowest BCUT2D eigenvalue weighted by molar-refractivity contribution is -0.137. The van der Waals surface area contributed by atoms with Crippen molar-refractivity contribution in [1.29, 1.82) is 0 Å². The van der Waals surface area contributed by atoms with Crippen molar-refractivity contribution in [2.24, 2.45) is 0 Å². The summed E-state index contributed by atoms with van der Waals surface area (Å²) in [5, 5.41) is 2.81. The molecule has 0 fully saturated rings. The van der Waals surface area contributed by atoms with E-state index in [4.69, 9.17) is 13.3 Å². The zero-order valence-electron chi connectivity index (χ0n) is 21.2. The molecular weight excluding hydrogens is 549 g/mol. The van der Waals surface area contributed by atoms with Gasteiger partial charge in [0.1, 0.15) is 22.2 Å². The minimum atomic E-state index is -4.71. The average molecular weight is 575 g/mol. The molecular formula is C28H25F3N2O6S. The lowest BCUT2D eigenvalue weighted by Crippen LogP contribution is -2.34. The molecule has 0 saturated heterocycles. The Labute approximate surface area is 229 Å². The molecule has 8 nitrogen and oxygen atoms in total. The van der Waals surface area contributed by atoms with Crippen LogP contribution < -0.4 is 14.2 Å². The van der Waals surface area contributed by atoms with Gasteiger partial charge in [0.2, 0.25) is 0 Å². The minimum Gasteiger partial charge on any atom is -0.494 e. The molecule has 0 saturated carbocycles. The molecule has 4 rings (SSSR count). The van der Waals surface area contributed by atoms with Crippen LogP contribution in [0.2, 0.25) is 0 Å². The SMILES string of the molecule is CCOc1ccc(NC(=O)N(Cc2cccc(OS(=O)(=O)c3cccc(C(F)(F)F)c3)c2)Cc2ccco2)cc1. The number of anilines is 1. The van der Waals surface area contributed by atoms with Gasteiger partial charge in [0.25, 0.3) is 0 Å². The molecule has 1 N–H and O–H groups in total. The number of halogens is 3. The molecule has 0 aliphatic carbocycles. The van der Waals surface area contributed by atoms with Crippen LogP contribution in [-0.4, -0.2) is 26.0 Å². The third-order valence-electron chi connectivity index (χ3n) is 5.56. The second-order valence-electron chi connectivity index (χ2n) is 8.53. The molecule has 4 aromatic rings. The number of hydrogen-bond acceptors (Lipinski definition) is 6. The molecule has 0 spiro atoms. The summed E-state index contributed by atoms with van der Waals surface area (Å²) in [4.78, 5) is 14.0. The minimum absolute atomic E-state index is 0.0321. The number of benzene rings is 3. The number of urea groups is 1. The highest BCUT2D eigenvalue weighted by atomic mass is 32.2. The number of carbonyl (C=O) groups is 1. The summed E-state index contributed by atoms with van der Waals surface area (Å²) in [5.41, 5.74) is -0.0784. The molecule has 0 atom stereocenters. The summed E-state index contributed by atoms with van der Waals surface area (Å²) in [7, 11) is -4.57. The van der Waals surface area contributed by atoms with Gasteiger partial charge in [0.15, 0.2) is 0 Å². The van der Waals surface area contributed by atoms with Gasteiger partial charge < -0.3 is 23.6 Å². The fourth-order valence-corrected chi connectivity index (χ4v) is 4.68. The number of nitrogens with one attached hydrogen (secondary N) is 1. The van der Waals surface area contributed by atoms with Crippen molar-refractivity contribution in [2.75, 3.05) is 11.9 Å². The van der Waals surface area contributed by atoms with Gasteiger partial charge >= 0.3 is 22.3 Å². The summed E-state index contributed by atoms with van der Waals surface area (Å²) in [5.74, 6) is 1.05. The standard InChI is InChI=1S/C28H25F3N2O6S/c1-2-37-23-13-11-22(12-14-23)32-27(34)33(19-25-9-5-15-38-25)18-20-6-3-8-24(16-20)39-40(35,36)26-10-4-7-21(17-26)28(29,30)31/h3-17H,2,18-19H2,1H3,(H,32,34). The van der Waals surface area contributed by atoms with Crippen LogP contribution >= 0.6 is 0 Å². The molecule has 12 heteroatoms. The van der Waals surface area contributed by atoms with Crippen molar-refractivity contribution >= 4 is 21.8 Å². The zero-order valence-corrected chi connectivity index (χ0v) is 22.0. The number of ether oxygens (including phenoxy) is 1. The molecule has 40 heavy (non-hydrogen) atoms. The van der Waals surface area contributed by atoms with Gasteiger partial charge in [0.05, 0.1) is 25.0 Å². The maximum Gasteiger partial charge on any atom is 0.416 e. The summed E-state index contributed by atoms with van der Waals surface area (Å²) in [6.07, 6.45) is -3.24. The predicted octanol–water partition coefficient (Wildman–Crippen LogP) is 6.70. The average Bonchev–Trinajstić information content (AvgIpc) is 3.42. The highest BCUT2D eigenvalue weighted by Gasteiger charge is 2.32. The van der Waals surface area contributed by atoms with E-state index in [0.29, 0.717) is 35.4 Å². The monoisotopic (exact) mass is 574 g/mol. The van der Waals surface area contributed by atoms with E-state index in [1.165, 1.54) is 29.4 Å². The predicted molar refractivity (Wildman–Crippen MR) is 140 cm³/mol. The number of hydrogen-bond donors (Lipinski definition) is 1. The summed E-state index contributed by atoms with van der Waals surface area (Å²) >= 11 is 0. The van der Waals surface area contributed by atoms with Gasteiger partial charge in [-0.1, -0.05) is 18.2 Å². The van der Waals surface area contributed by atoms with E-state index in [1.54, 1.807) is 42.5 Å². The lowest BCUT2D eigenvalue weighted by atomic mass is 10.2. The van der Waals surface area contributed by atoms with E-state index in [1.807, 2.05) is 6.92 Å². The number of nitrogens with zero attached hydrogens (tertiary/aromatic N) is 1. The maximum absolute atomic E-state index is 13.2. The number of carbonyl (C=O) groups excluding carboxylic acids is 1. The first kappa shape index (κ1) is 28.6. The van der Waals surface area contributed by atoms with E-state index >= 15 is 0 Å². The second-order valence-corrected chi connectivity index (χ2v) is 10.1. The molecule has 3 aromatic carbocycles. The van der Waals surface area contributed by atoms with Gasteiger partial charge in [-0.05, 0) is 79.2 Å². The topological polar surface area (TPSA) is 98.1 Å². The normalized spacial score (nSPS) is 11.6. The van der Waals surface area contributed by atoms with Crippen molar-refractivity contribution in [3.63, 3.8) is 0 Å². The number of alkyl halides is 3. The summed E-state index contributed by atoms with van der Waals surface area (Å²) in [6.45, 7) is 2.50. The Morgan fingerprint density at radius 3 is 2.35 bits per heavy atom. The number of rotatable bonds is 10. The van der Waals surface area contributed by atoms with E-state index in [-0.39, 0.29) is 18.8 Å². The Balaban J connectivity index is 1.52. The fourth-order valence-electron chi connectivity index (χ4n) is 3.71. The van der Waals surface area contributed by atoms with E-state index in [0.717, 1.165) is 18.2 Å². The van der Waals surface area contributed by atoms with Crippen molar-refractivity contribution in [3.8, 4) is 11.5 Å². The lowest BCUT2D eigenvalue weighted by Gasteiger charge is -2.23. The zero-order chi connectivity index (χ0) is 28.8. The van der Waals surface area contributed by atoms with Gasteiger partial charge in [0, 0.05) is 12.2 Å². The van der Waals surface area contributed by atoms with E-state index in [9.17, 15) is 26.4 Å². The van der Waals surface area contributed by atoms with Crippen LogP contribution in [0.4, 0.5) is 23.7 Å². The second kappa shape index (κ2) is 12.2. The van der Waals surface area contributed by atoms with Crippen molar-refractivity contribution in [3.05, 3.63) is 108 Å². The molecule has 0 radical (unpaired) electrons. The Morgan fingerprint density at radius 1 is 0.925 bits per heavy atom. The Bertz CT molecular complexity index is 1540. The smallest absolute Gasteiger partial charge is 0.416 e. The van der Waals surface area contributed by atoms with Crippen molar-refractivity contribution in [2.45, 2.75) is 31.1 Å². The molecule has 0 aliphatic rings. The van der Waals surface area contributed by atoms with Crippen molar-refractivity contribution in [1.82, 2.24) is 4.90 Å². The number of furan rings is 1. The fraction of sp³-hybridized carbons (Fsp3) is 0.179. The summed E-state index contributed by atoms with van der Waals surface area (Å²) < 4.78 is 80.5. The highest BCUT2D eigenvalue weighted by molar-refractivity contribution is 7.87. The first-order chi connectivity index (χ1) is 19.0. The first-order valence-electron chi connectivity index (χ1n) is 12.1. The molecule has 0 bridgehead atoms. The third-order valence-corrected chi connectivity index (χ3v) is 6.80. The third kappa shape index (κ3) is 7.56. The van der Waals surface area contributed by atoms with Crippen LogP contribution in [0.5, 0.6) is 11.5 Å². The van der Waals surface area contributed by atoms with Gasteiger partial charge in [-0.25, -0.2) is 4.79 Å². The Kier molecular flexibility index (Phi) is 8.68. The molecule has 0 aliphatic heterocycles. The quantitative estimate of drug-likeness (QED) is 0.212. The highest BCUT2D eigenvalue weighted by Crippen LogP contribution is 2.31. The van der Waals surface area contributed by atoms with Crippen LogP contribution in [0.3, 0.4) is 0 Å². The molecule has 1 aromatic heterocycles. The van der Waals surface area contributed by atoms with E-state index in [2.05, 4.69) is 5.32 Å². The first-order valence-corrected chi connectivity index (χ1v) is 13.5. The van der Waals surface area contributed by atoms with Crippen LogP contribution in [0.1, 0.15) is 23.8 Å². The van der Waals surface area contributed by atoms with Crippen molar-refractivity contribution < 1.29 is 39.7 Å². The molecule has 1 heterocycles. The van der Waals surface area contributed by atoms with Gasteiger partial charge in [-0.3, -0.25) is 0 Å². The molecule has 210 valence electrons. The largest absolute Gasteiger partial charge is 0.494 e. The summed E-state index contributed by atoms with van der Waals surface area (Å²) in [6, 6.07) is 19.0. The van der Waals surface area contributed by atoms with Crippen LogP contribution in [0, 0.1) is 0 Å². The molecule has 0 unspecified atom stereocenters.